The molecule has 1 saturated heterocycles. The largest absolute Gasteiger partial charge is 0.497 e. The van der Waals surface area contributed by atoms with E-state index in [2.05, 4.69) is 10.2 Å². The number of hydrogen-bond donors (Lipinski definition) is 1. The topological polar surface area (TPSA) is 41.6 Å². The van der Waals surface area contributed by atoms with Gasteiger partial charge in [-0.15, -0.1) is 0 Å². The van der Waals surface area contributed by atoms with Gasteiger partial charge in [-0.05, 0) is 54.8 Å². The van der Waals surface area contributed by atoms with Crippen molar-refractivity contribution >= 4 is 5.91 Å². The summed E-state index contributed by atoms with van der Waals surface area (Å²) in [5.41, 5.74) is 2.13. The Balaban J connectivity index is 1.49. The molecule has 4 nitrogen and oxygen atoms in total. The van der Waals surface area contributed by atoms with E-state index in [1.807, 2.05) is 36.4 Å². The van der Waals surface area contributed by atoms with Crippen molar-refractivity contribution in [2.24, 2.45) is 5.92 Å². The monoisotopic (exact) mass is 356 g/mol. The molecule has 0 saturated carbocycles. The van der Waals surface area contributed by atoms with Gasteiger partial charge in [-0.25, -0.2) is 4.39 Å². The van der Waals surface area contributed by atoms with Gasteiger partial charge in [0, 0.05) is 19.6 Å². The minimum atomic E-state index is -0.219. The van der Waals surface area contributed by atoms with Crippen molar-refractivity contribution < 1.29 is 13.9 Å². The van der Waals surface area contributed by atoms with Crippen LogP contribution in [-0.4, -0.2) is 31.0 Å². The summed E-state index contributed by atoms with van der Waals surface area (Å²) in [4.78, 5) is 14.8. The molecule has 3 rings (SSSR count). The summed E-state index contributed by atoms with van der Waals surface area (Å²) >= 11 is 0. The fourth-order valence-electron chi connectivity index (χ4n) is 3.34. The molecule has 0 radical (unpaired) electrons. The van der Waals surface area contributed by atoms with Crippen molar-refractivity contribution in [1.82, 2.24) is 10.2 Å². The maximum atomic E-state index is 13.0. The molecule has 0 aromatic heterocycles. The maximum absolute atomic E-state index is 13.0. The smallest absolute Gasteiger partial charge is 0.224 e. The number of benzene rings is 2. The Morgan fingerprint density at radius 3 is 2.54 bits per heavy atom. The molecule has 138 valence electrons. The summed E-state index contributed by atoms with van der Waals surface area (Å²) < 4.78 is 18.2. The molecular formula is C21H25FN2O2. The summed E-state index contributed by atoms with van der Waals surface area (Å²) in [6.07, 6.45) is 1.91. The van der Waals surface area contributed by atoms with Crippen LogP contribution in [-0.2, 0) is 17.9 Å². The first-order chi connectivity index (χ1) is 12.6. The number of carbonyl (C=O) groups excluding carboxylic acids is 1. The number of ether oxygens (including phenoxy) is 1. The van der Waals surface area contributed by atoms with E-state index in [-0.39, 0.29) is 17.6 Å². The van der Waals surface area contributed by atoms with Crippen LogP contribution in [0.15, 0.2) is 48.5 Å². The number of halogens is 1. The third-order valence-electron chi connectivity index (χ3n) is 4.82. The van der Waals surface area contributed by atoms with E-state index in [1.165, 1.54) is 12.1 Å². The number of nitrogens with zero attached hydrogens (tertiary/aromatic N) is 1. The fraction of sp³-hybridized carbons (Fsp3) is 0.381. The number of amides is 1. The Hall–Kier alpha value is -2.40. The Labute approximate surface area is 154 Å². The third kappa shape index (κ3) is 5.05. The highest BCUT2D eigenvalue weighted by Crippen LogP contribution is 2.19. The number of nitrogens with one attached hydrogen (secondary N) is 1. The van der Waals surface area contributed by atoms with Gasteiger partial charge in [0.2, 0.25) is 5.91 Å². The Morgan fingerprint density at radius 1 is 1.15 bits per heavy atom. The molecule has 0 unspecified atom stereocenters. The molecule has 2 aromatic rings. The second-order valence-electron chi connectivity index (χ2n) is 6.77. The number of piperidine rings is 1. The number of carbonyl (C=O) groups is 1. The van der Waals surface area contributed by atoms with Crippen molar-refractivity contribution in [1.29, 1.82) is 0 Å². The lowest BCUT2D eigenvalue weighted by Crippen LogP contribution is -2.42. The molecule has 1 N–H and O–H groups in total. The van der Waals surface area contributed by atoms with E-state index in [0.29, 0.717) is 6.54 Å². The minimum Gasteiger partial charge on any atom is -0.497 e. The predicted octanol–water partition coefficient (Wildman–Crippen LogP) is 3.36. The van der Waals surface area contributed by atoms with Gasteiger partial charge < -0.3 is 10.1 Å². The van der Waals surface area contributed by atoms with E-state index >= 15 is 0 Å². The van der Waals surface area contributed by atoms with Crippen molar-refractivity contribution in [3.8, 4) is 5.75 Å². The highest BCUT2D eigenvalue weighted by atomic mass is 19.1. The van der Waals surface area contributed by atoms with Gasteiger partial charge in [0.25, 0.3) is 0 Å². The summed E-state index contributed by atoms with van der Waals surface area (Å²) in [7, 11) is 1.64. The molecule has 1 atom stereocenters. The maximum Gasteiger partial charge on any atom is 0.224 e. The Bertz CT molecular complexity index is 716. The third-order valence-corrected chi connectivity index (χ3v) is 4.82. The summed E-state index contributed by atoms with van der Waals surface area (Å²) in [6.45, 7) is 2.99. The molecular weight excluding hydrogens is 331 g/mol. The SMILES string of the molecule is COc1ccc(CNC(=O)[C@@H]2CCCN(Cc3ccc(F)cc3)C2)cc1. The summed E-state index contributed by atoms with van der Waals surface area (Å²) in [5, 5.41) is 3.04. The normalized spacial score (nSPS) is 17.7. The molecule has 1 fully saturated rings. The zero-order valence-electron chi connectivity index (χ0n) is 15.1. The lowest BCUT2D eigenvalue weighted by molar-refractivity contribution is -0.126. The quantitative estimate of drug-likeness (QED) is 0.863. The second-order valence-corrected chi connectivity index (χ2v) is 6.77. The standard InChI is InChI=1S/C21H25FN2O2/c1-26-20-10-6-16(7-11-20)13-23-21(25)18-3-2-12-24(15-18)14-17-4-8-19(22)9-5-17/h4-11,18H,2-3,12-15H2,1H3,(H,23,25)/t18-/m1/s1. The molecule has 1 heterocycles. The van der Waals surface area contributed by atoms with Crippen LogP contribution < -0.4 is 10.1 Å². The highest BCUT2D eigenvalue weighted by molar-refractivity contribution is 5.79. The van der Waals surface area contributed by atoms with Gasteiger partial charge in [0.1, 0.15) is 11.6 Å². The molecule has 2 aromatic carbocycles. The van der Waals surface area contributed by atoms with Crippen LogP contribution in [0.25, 0.3) is 0 Å². The highest BCUT2D eigenvalue weighted by Gasteiger charge is 2.25. The van der Waals surface area contributed by atoms with Gasteiger partial charge in [-0.1, -0.05) is 24.3 Å². The lowest BCUT2D eigenvalue weighted by atomic mass is 9.96. The van der Waals surface area contributed by atoms with Crippen molar-refractivity contribution in [3.05, 3.63) is 65.5 Å². The Kier molecular flexibility index (Phi) is 6.23. The molecule has 26 heavy (non-hydrogen) atoms. The predicted molar refractivity (Wildman–Crippen MR) is 99.2 cm³/mol. The first-order valence-corrected chi connectivity index (χ1v) is 9.01. The van der Waals surface area contributed by atoms with E-state index in [9.17, 15) is 9.18 Å². The average Bonchev–Trinajstić information content (AvgIpc) is 2.68. The van der Waals surface area contributed by atoms with Gasteiger partial charge in [-0.2, -0.15) is 0 Å². The van der Waals surface area contributed by atoms with Crippen molar-refractivity contribution in [3.63, 3.8) is 0 Å². The zero-order valence-corrected chi connectivity index (χ0v) is 15.1. The fourth-order valence-corrected chi connectivity index (χ4v) is 3.34. The van der Waals surface area contributed by atoms with Crippen molar-refractivity contribution in [2.75, 3.05) is 20.2 Å². The minimum absolute atomic E-state index is 0.00227. The first kappa shape index (κ1) is 18.4. The van der Waals surface area contributed by atoms with E-state index in [4.69, 9.17) is 4.74 Å². The number of likely N-dealkylation sites (tertiary alicyclic amines) is 1. The van der Waals surface area contributed by atoms with E-state index in [0.717, 1.165) is 49.4 Å². The van der Waals surface area contributed by atoms with Crippen LogP contribution in [0.1, 0.15) is 24.0 Å². The van der Waals surface area contributed by atoms with Crippen LogP contribution in [0.2, 0.25) is 0 Å². The van der Waals surface area contributed by atoms with Gasteiger partial charge >= 0.3 is 0 Å². The molecule has 1 aliphatic heterocycles. The van der Waals surface area contributed by atoms with Gasteiger partial charge in [0.05, 0.1) is 13.0 Å². The Morgan fingerprint density at radius 2 is 1.85 bits per heavy atom. The van der Waals surface area contributed by atoms with Crippen LogP contribution in [0.5, 0.6) is 5.75 Å². The number of rotatable bonds is 6. The summed E-state index contributed by atoms with van der Waals surface area (Å²) in [5.74, 6) is 0.694. The molecule has 5 heteroatoms. The molecule has 1 amide bonds. The molecule has 0 aliphatic carbocycles. The number of hydrogen-bond acceptors (Lipinski definition) is 3. The van der Waals surface area contributed by atoms with Crippen LogP contribution in [0.4, 0.5) is 4.39 Å². The lowest BCUT2D eigenvalue weighted by Gasteiger charge is -2.32. The molecule has 0 bridgehead atoms. The second kappa shape index (κ2) is 8.81. The first-order valence-electron chi connectivity index (χ1n) is 9.01. The molecule has 1 aliphatic rings. The van der Waals surface area contributed by atoms with Gasteiger partial charge in [-0.3, -0.25) is 9.69 Å². The van der Waals surface area contributed by atoms with Crippen LogP contribution >= 0.6 is 0 Å². The van der Waals surface area contributed by atoms with E-state index in [1.54, 1.807) is 7.11 Å². The zero-order chi connectivity index (χ0) is 18.4. The van der Waals surface area contributed by atoms with Crippen LogP contribution in [0, 0.1) is 11.7 Å². The van der Waals surface area contributed by atoms with Gasteiger partial charge in [0.15, 0.2) is 0 Å². The van der Waals surface area contributed by atoms with Crippen molar-refractivity contribution in [2.45, 2.75) is 25.9 Å². The molecule has 0 spiro atoms. The van der Waals surface area contributed by atoms with E-state index < -0.39 is 0 Å². The average molecular weight is 356 g/mol. The summed E-state index contributed by atoms with van der Waals surface area (Å²) in [6, 6.07) is 14.3. The van der Waals surface area contributed by atoms with Crippen LogP contribution in [0.3, 0.4) is 0 Å². The number of methoxy groups -OCH3 is 1.